The summed E-state index contributed by atoms with van der Waals surface area (Å²) in [7, 11) is -4.20. The fraction of sp³-hybridized carbons (Fsp3) is 0.833. The predicted octanol–water partition coefficient (Wildman–Crippen LogP) is 7.93. The Kier molecular flexibility index (Phi) is 13.4. The molecule has 1 aliphatic carbocycles. The van der Waals surface area contributed by atoms with Crippen molar-refractivity contribution in [2.45, 2.75) is 122 Å². The maximum atomic E-state index is 12.5. The summed E-state index contributed by atoms with van der Waals surface area (Å²) >= 11 is 0. The van der Waals surface area contributed by atoms with Crippen LogP contribution < -0.4 is 0 Å². The van der Waals surface area contributed by atoms with E-state index in [0.29, 0.717) is 6.42 Å². The molecule has 0 saturated heterocycles. The fourth-order valence-electron chi connectivity index (χ4n) is 4.47. The lowest BCUT2D eigenvalue weighted by Gasteiger charge is -2.39. The van der Waals surface area contributed by atoms with Crippen LogP contribution in [0, 0.1) is 5.92 Å². The maximum absolute atomic E-state index is 12.5. The third-order valence-electron chi connectivity index (χ3n) is 6.32. The third kappa shape index (κ3) is 8.97. The summed E-state index contributed by atoms with van der Waals surface area (Å²) in [5, 5.41) is -0.978. The van der Waals surface area contributed by atoms with Crippen LogP contribution in [0.15, 0.2) is 24.3 Å². The van der Waals surface area contributed by atoms with Gasteiger partial charge in [0.15, 0.2) is 0 Å². The van der Waals surface area contributed by atoms with Crippen molar-refractivity contribution in [2.75, 3.05) is 0 Å². The summed E-state index contributed by atoms with van der Waals surface area (Å²) in [5.74, 6) is -0.0336. The van der Waals surface area contributed by atoms with Gasteiger partial charge in [0.2, 0.25) is 0 Å². The molecule has 0 aromatic carbocycles. The summed E-state index contributed by atoms with van der Waals surface area (Å²) < 4.78 is 12.5. The Balaban J connectivity index is 2.43. The van der Waals surface area contributed by atoms with Gasteiger partial charge in [0.1, 0.15) is 0 Å². The molecule has 2 atom stereocenters. The smallest absolute Gasteiger partial charge is 0.324 e. The summed E-state index contributed by atoms with van der Waals surface area (Å²) in [6, 6.07) is 0. The summed E-state index contributed by atoms with van der Waals surface area (Å²) in [6.45, 7) is 4.44. The zero-order valence-corrected chi connectivity index (χ0v) is 19.3. The van der Waals surface area contributed by atoms with E-state index < -0.39 is 12.8 Å². The Morgan fingerprint density at radius 3 is 1.79 bits per heavy atom. The molecule has 3 nitrogen and oxygen atoms in total. The average Bonchev–Trinajstić information content (AvgIpc) is 2.66. The van der Waals surface area contributed by atoms with Gasteiger partial charge in [-0.15, -0.1) is 0 Å². The first kappa shape index (κ1) is 25.7. The molecular weight excluding hydrogens is 367 g/mol. The van der Waals surface area contributed by atoms with Crippen LogP contribution in [0.5, 0.6) is 0 Å². The lowest BCUT2D eigenvalue weighted by atomic mass is 9.80. The maximum Gasteiger partial charge on any atom is 0.335 e. The topological polar surface area (TPSA) is 57.5 Å². The van der Waals surface area contributed by atoms with Gasteiger partial charge in [-0.3, -0.25) is 4.57 Å². The molecule has 4 heteroatoms. The Morgan fingerprint density at radius 1 is 0.750 bits per heavy atom. The molecule has 0 saturated carbocycles. The minimum Gasteiger partial charge on any atom is -0.324 e. The van der Waals surface area contributed by atoms with Crippen LogP contribution in [-0.4, -0.2) is 14.9 Å². The second-order valence-corrected chi connectivity index (χ2v) is 10.6. The number of unbranched alkanes of at least 4 members (excludes halogenated alkanes) is 12. The fourth-order valence-corrected chi connectivity index (χ4v) is 5.85. The van der Waals surface area contributed by atoms with Crippen LogP contribution in [0.4, 0.5) is 0 Å². The molecule has 0 fully saturated rings. The molecule has 28 heavy (non-hydrogen) atoms. The van der Waals surface area contributed by atoms with Gasteiger partial charge < -0.3 is 9.79 Å². The van der Waals surface area contributed by atoms with E-state index in [-0.39, 0.29) is 5.92 Å². The van der Waals surface area contributed by atoms with Gasteiger partial charge in [0, 0.05) is 0 Å². The Bertz CT molecular complexity index is 494. The molecular formula is C24H45O3P. The SMILES string of the molecule is CCCCCCCCCCCCC1(P(=O)(O)O)C=CC=CC1CCCCCC. The Labute approximate surface area is 174 Å². The molecule has 0 radical (unpaired) electrons. The monoisotopic (exact) mass is 412 g/mol. The van der Waals surface area contributed by atoms with Crippen LogP contribution in [0.25, 0.3) is 0 Å². The molecule has 164 valence electrons. The van der Waals surface area contributed by atoms with Crippen molar-refractivity contribution in [1.29, 1.82) is 0 Å². The predicted molar refractivity (Wildman–Crippen MR) is 122 cm³/mol. The molecule has 0 amide bonds. The third-order valence-corrected chi connectivity index (χ3v) is 8.11. The van der Waals surface area contributed by atoms with E-state index in [9.17, 15) is 14.4 Å². The van der Waals surface area contributed by atoms with Crippen molar-refractivity contribution >= 4 is 7.60 Å². The van der Waals surface area contributed by atoms with Gasteiger partial charge in [-0.05, 0) is 18.8 Å². The second-order valence-electron chi connectivity index (χ2n) is 8.67. The lowest BCUT2D eigenvalue weighted by molar-refractivity contribution is 0.293. The standard InChI is InChI=1S/C24H45O3P/c1-3-5-7-9-10-11-12-13-14-17-21-24(28(25,26)27)22-18-16-20-23(24)19-15-8-6-4-2/h16,18,20,22-23H,3-15,17,19,21H2,1-2H3,(H2,25,26,27). The highest BCUT2D eigenvalue weighted by molar-refractivity contribution is 7.53. The first-order chi connectivity index (χ1) is 13.5. The quantitative estimate of drug-likeness (QED) is 0.188. The minimum absolute atomic E-state index is 0.0336. The van der Waals surface area contributed by atoms with Crippen molar-refractivity contribution < 1.29 is 14.4 Å². The van der Waals surface area contributed by atoms with Gasteiger partial charge >= 0.3 is 7.60 Å². The van der Waals surface area contributed by atoms with Crippen LogP contribution in [0.2, 0.25) is 0 Å². The highest BCUT2D eigenvalue weighted by Crippen LogP contribution is 2.60. The van der Waals surface area contributed by atoms with E-state index in [1.54, 1.807) is 0 Å². The highest BCUT2D eigenvalue weighted by atomic mass is 31.2. The summed E-state index contributed by atoms with van der Waals surface area (Å²) in [4.78, 5) is 20.5. The molecule has 0 aromatic rings. The van der Waals surface area contributed by atoms with E-state index in [4.69, 9.17) is 0 Å². The zero-order valence-electron chi connectivity index (χ0n) is 18.5. The molecule has 0 heterocycles. The first-order valence-electron chi connectivity index (χ1n) is 11.9. The van der Waals surface area contributed by atoms with Gasteiger partial charge in [-0.2, -0.15) is 0 Å². The molecule has 0 spiro atoms. The first-order valence-corrected chi connectivity index (χ1v) is 13.5. The van der Waals surface area contributed by atoms with E-state index in [2.05, 4.69) is 13.8 Å². The summed E-state index contributed by atoms with van der Waals surface area (Å²) in [6.07, 6.45) is 26.2. The van der Waals surface area contributed by atoms with Crippen LogP contribution in [0.3, 0.4) is 0 Å². The van der Waals surface area contributed by atoms with Crippen molar-refractivity contribution in [3.63, 3.8) is 0 Å². The van der Waals surface area contributed by atoms with Crippen molar-refractivity contribution in [1.82, 2.24) is 0 Å². The van der Waals surface area contributed by atoms with Crippen molar-refractivity contribution in [3.05, 3.63) is 24.3 Å². The van der Waals surface area contributed by atoms with Crippen LogP contribution in [-0.2, 0) is 4.57 Å². The van der Waals surface area contributed by atoms with Gasteiger partial charge in [0.05, 0.1) is 5.16 Å². The molecule has 2 N–H and O–H groups in total. The van der Waals surface area contributed by atoms with Crippen LogP contribution >= 0.6 is 7.60 Å². The molecule has 2 unspecified atom stereocenters. The van der Waals surface area contributed by atoms with Gasteiger partial charge in [-0.1, -0.05) is 128 Å². The average molecular weight is 413 g/mol. The van der Waals surface area contributed by atoms with E-state index in [1.807, 2.05) is 24.3 Å². The molecule has 0 aliphatic heterocycles. The molecule has 1 rings (SSSR count). The van der Waals surface area contributed by atoms with E-state index >= 15 is 0 Å². The molecule has 1 aliphatic rings. The van der Waals surface area contributed by atoms with E-state index in [1.165, 1.54) is 64.2 Å². The Morgan fingerprint density at radius 2 is 1.25 bits per heavy atom. The number of allylic oxidation sites excluding steroid dienone is 4. The van der Waals surface area contributed by atoms with E-state index in [0.717, 1.165) is 32.1 Å². The van der Waals surface area contributed by atoms with Crippen molar-refractivity contribution in [3.8, 4) is 0 Å². The molecule has 0 aromatic heterocycles. The van der Waals surface area contributed by atoms with Gasteiger partial charge in [0.25, 0.3) is 0 Å². The number of rotatable bonds is 17. The second kappa shape index (κ2) is 14.6. The summed E-state index contributed by atoms with van der Waals surface area (Å²) in [5.41, 5.74) is 0. The Hall–Kier alpha value is -0.370. The van der Waals surface area contributed by atoms with Gasteiger partial charge in [-0.25, -0.2) is 0 Å². The van der Waals surface area contributed by atoms with Crippen molar-refractivity contribution in [2.24, 2.45) is 5.92 Å². The normalized spacial score (nSPS) is 22.1. The number of hydrogen-bond donors (Lipinski definition) is 2. The minimum atomic E-state index is -4.20. The van der Waals surface area contributed by atoms with Crippen LogP contribution in [0.1, 0.15) is 117 Å². The number of hydrogen-bond acceptors (Lipinski definition) is 1. The lowest BCUT2D eigenvalue weighted by Crippen LogP contribution is -2.36. The molecule has 0 bridgehead atoms. The zero-order chi connectivity index (χ0) is 20.7. The largest absolute Gasteiger partial charge is 0.335 e. The highest BCUT2D eigenvalue weighted by Gasteiger charge is 2.49.